The third-order valence-electron chi connectivity index (χ3n) is 3.82. The monoisotopic (exact) mass is 278 g/mol. The number of benzene rings is 1. The van der Waals surface area contributed by atoms with Gasteiger partial charge in [0, 0.05) is 30.6 Å². The molecule has 0 radical (unpaired) electrons. The van der Waals surface area contributed by atoms with Gasteiger partial charge in [-0.1, -0.05) is 18.2 Å². The van der Waals surface area contributed by atoms with Crippen molar-refractivity contribution < 1.29 is 0 Å². The molecule has 4 heteroatoms. The first-order chi connectivity index (χ1) is 10.1. The number of pyridine rings is 1. The molecule has 0 unspecified atom stereocenters. The summed E-state index contributed by atoms with van der Waals surface area (Å²) in [6.45, 7) is 4.21. The number of nitrogen functional groups attached to an aromatic ring is 1. The van der Waals surface area contributed by atoms with Gasteiger partial charge in [-0.25, -0.2) is 0 Å². The summed E-state index contributed by atoms with van der Waals surface area (Å²) < 4.78 is 1.72. The van der Waals surface area contributed by atoms with Crippen LogP contribution in [0.2, 0.25) is 0 Å². The Kier molecular flexibility index (Phi) is 3.22. The Labute approximate surface area is 124 Å². The molecule has 0 fully saturated rings. The maximum Gasteiger partial charge on any atom is 0.129 e. The van der Waals surface area contributed by atoms with Crippen molar-refractivity contribution in [3.05, 3.63) is 53.9 Å². The van der Waals surface area contributed by atoms with Gasteiger partial charge in [-0.2, -0.15) is 5.10 Å². The molecule has 0 saturated carbocycles. The number of anilines is 1. The molecule has 2 N–H and O–H groups in total. The maximum absolute atomic E-state index is 6.21. The summed E-state index contributed by atoms with van der Waals surface area (Å²) in [5.41, 5.74) is 12.6. The molecule has 0 atom stereocenters. The minimum atomic E-state index is 0.649. The van der Waals surface area contributed by atoms with E-state index in [-0.39, 0.29) is 0 Å². The second-order valence-electron chi connectivity index (χ2n) is 5.27. The lowest BCUT2D eigenvalue weighted by Gasteiger charge is -2.06. The predicted octanol–water partition coefficient (Wildman–Crippen LogP) is 3.35. The van der Waals surface area contributed by atoms with Gasteiger partial charge in [0.25, 0.3) is 0 Å². The van der Waals surface area contributed by atoms with Crippen molar-refractivity contribution in [1.82, 2.24) is 14.8 Å². The van der Waals surface area contributed by atoms with E-state index in [9.17, 15) is 0 Å². The van der Waals surface area contributed by atoms with E-state index < -0.39 is 0 Å². The van der Waals surface area contributed by atoms with Crippen LogP contribution in [-0.2, 0) is 7.05 Å². The molecular weight excluding hydrogens is 260 g/mol. The van der Waals surface area contributed by atoms with Crippen LogP contribution in [0.4, 0.5) is 5.82 Å². The standard InChI is InChI=1S/C17H18N4/c1-11-6-7-13(9-12(11)2)16-15(17(18)21(3)20-16)14-5-4-8-19-10-14/h4-10H,18H2,1-3H3. The summed E-state index contributed by atoms with van der Waals surface area (Å²) in [4.78, 5) is 4.19. The zero-order valence-electron chi connectivity index (χ0n) is 12.5. The number of hydrogen-bond donors (Lipinski definition) is 1. The molecule has 3 rings (SSSR count). The molecule has 21 heavy (non-hydrogen) atoms. The SMILES string of the molecule is Cc1ccc(-c2nn(C)c(N)c2-c2cccnc2)cc1C. The molecule has 3 aromatic rings. The van der Waals surface area contributed by atoms with Gasteiger partial charge < -0.3 is 5.73 Å². The number of rotatable bonds is 2. The number of nitrogens with two attached hydrogens (primary N) is 1. The Morgan fingerprint density at radius 1 is 1.05 bits per heavy atom. The molecule has 4 nitrogen and oxygen atoms in total. The Morgan fingerprint density at radius 2 is 1.86 bits per heavy atom. The molecule has 1 aromatic carbocycles. The van der Waals surface area contributed by atoms with Gasteiger partial charge in [-0.05, 0) is 37.1 Å². The molecule has 2 heterocycles. The molecule has 0 aliphatic heterocycles. The van der Waals surface area contributed by atoms with E-state index in [0.717, 1.165) is 22.4 Å². The minimum Gasteiger partial charge on any atom is -0.383 e. The average molecular weight is 278 g/mol. The van der Waals surface area contributed by atoms with Gasteiger partial charge in [0.2, 0.25) is 0 Å². The zero-order valence-corrected chi connectivity index (χ0v) is 12.5. The summed E-state index contributed by atoms with van der Waals surface area (Å²) in [5, 5.41) is 4.59. The molecule has 0 spiro atoms. The van der Waals surface area contributed by atoms with E-state index in [1.165, 1.54) is 11.1 Å². The fraction of sp³-hybridized carbons (Fsp3) is 0.176. The van der Waals surface area contributed by atoms with Crippen molar-refractivity contribution >= 4 is 5.82 Å². The van der Waals surface area contributed by atoms with Crippen molar-refractivity contribution in [1.29, 1.82) is 0 Å². The van der Waals surface area contributed by atoms with Gasteiger partial charge in [-0.15, -0.1) is 0 Å². The van der Waals surface area contributed by atoms with Crippen LogP contribution in [0.5, 0.6) is 0 Å². The smallest absolute Gasteiger partial charge is 0.129 e. The van der Waals surface area contributed by atoms with Crippen LogP contribution < -0.4 is 5.73 Å². The molecular formula is C17H18N4. The number of hydrogen-bond acceptors (Lipinski definition) is 3. The van der Waals surface area contributed by atoms with Crippen molar-refractivity contribution in [2.45, 2.75) is 13.8 Å². The largest absolute Gasteiger partial charge is 0.383 e. The number of aromatic nitrogens is 3. The fourth-order valence-electron chi connectivity index (χ4n) is 2.42. The third-order valence-corrected chi connectivity index (χ3v) is 3.82. The van der Waals surface area contributed by atoms with Crippen molar-refractivity contribution in [2.24, 2.45) is 7.05 Å². The van der Waals surface area contributed by atoms with Crippen LogP contribution in [0, 0.1) is 13.8 Å². The fourth-order valence-corrected chi connectivity index (χ4v) is 2.42. The maximum atomic E-state index is 6.21. The summed E-state index contributed by atoms with van der Waals surface area (Å²) in [6.07, 6.45) is 3.57. The highest BCUT2D eigenvalue weighted by Gasteiger charge is 2.17. The van der Waals surface area contributed by atoms with E-state index in [1.807, 2.05) is 25.4 Å². The quantitative estimate of drug-likeness (QED) is 0.782. The van der Waals surface area contributed by atoms with Gasteiger partial charge in [0.1, 0.15) is 11.5 Å². The second kappa shape index (κ2) is 5.05. The van der Waals surface area contributed by atoms with E-state index in [0.29, 0.717) is 5.82 Å². The molecule has 0 aliphatic rings. The highest BCUT2D eigenvalue weighted by molar-refractivity contribution is 5.87. The lowest BCUT2D eigenvalue weighted by Crippen LogP contribution is -1.98. The summed E-state index contributed by atoms with van der Waals surface area (Å²) in [5.74, 6) is 0.649. The van der Waals surface area contributed by atoms with E-state index in [2.05, 4.69) is 42.1 Å². The first-order valence-corrected chi connectivity index (χ1v) is 6.88. The highest BCUT2D eigenvalue weighted by atomic mass is 15.3. The molecule has 106 valence electrons. The van der Waals surface area contributed by atoms with Gasteiger partial charge in [-0.3, -0.25) is 9.67 Å². The van der Waals surface area contributed by atoms with Crippen LogP contribution in [0.1, 0.15) is 11.1 Å². The first-order valence-electron chi connectivity index (χ1n) is 6.88. The molecule has 0 bridgehead atoms. The summed E-state index contributed by atoms with van der Waals surface area (Å²) in [6, 6.07) is 10.3. The Hall–Kier alpha value is -2.62. The Balaban J connectivity index is 2.24. The van der Waals surface area contributed by atoms with Crippen LogP contribution in [0.15, 0.2) is 42.7 Å². The van der Waals surface area contributed by atoms with Crippen LogP contribution in [0.3, 0.4) is 0 Å². The average Bonchev–Trinajstić information content (AvgIpc) is 2.79. The summed E-state index contributed by atoms with van der Waals surface area (Å²) >= 11 is 0. The highest BCUT2D eigenvalue weighted by Crippen LogP contribution is 2.35. The van der Waals surface area contributed by atoms with Crippen LogP contribution in [-0.4, -0.2) is 14.8 Å². The van der Waals surface area contributed by atoms with Crippen molar-refractivity contribution in [3.63, 3.8) is 0 Å². The Bertz CT molecular complexity index is 788. The van der Waals surface area contributed by atoms with Gasteiger partial charge in [0.05, 0.1) is 5.56 Å². The topological polar surface area (TPSA) is 56.7 Å². The number of nitrogens with zero attached hydrogens (tertiary/aromatic N) is 3. The van der Waals surface area contributed by atoms with Gasteiger partial charge >= 0.3 is 0 Å². The second-order valence-corrected chi connectivity index (χ2v) is 5.27. The van der Waals surface area contributed by atoms with E-state index in [4.69, 9.17) is 5.73 Å². The minimum absolute atomic E-state index is 0.649. The molecule has 0 amide bonds. The zero-order chi connectivity index (χ0) is 15.0. The third kappa shape index (κ3) is 2.29. The first kappa shape index (κ1) is 13.4. The normalized spacial score (nSPS) is 10.8. The van der Waals surface area contributed by atoms with Crippen LogP contribution in [0.25, 0.3) is 22.4 Å². The van der Waals surface area contributed by atoms with Crippen molar-refractivity contribution in [3.8, 4) is 22.4 Å². The lowest BCUT2D eigenvalue weighted by atomic mass is 9.99. The number of aryl methyl sites for hydroxylation is 3. The Morgan fingerprint density at radius 3 is 2.52 bits per heavy atom. The van der Waals surface area contributed by atoms with E-state index >= 15 is 0 Å². The van der Waals surface area contributed by atoms with E-state index in [1.54, 1.807) is 10.9 Å². The van der Waals surface area contributed by atoms with Crippen LogP contribution >= 0.6 is 0 Å². The molecule has 0 aliphatic carbocycles. The molecule has 0 saturated heterocycles. The summed E-state index contributed by atoms with van der Waals surface area (Å²) in [7, 11) is 1.86. The molecule has 2 aromatic heterocycles. The van der Waals surface area contributed by atoms with Gasteiger partial charge in [0.15, 0.2) is 0 Å². The van der Waals surface area contributed by atoms with Crippen molar-refractivity contribution in [2.75, 3.05) is 5.73 Å². The predicted molar refractivity (Wildman–Crippen MR) is 85.8 cm³/mol. The lowest BCUT2D eigenvalue weighted by molar-refractivity contribution is 0.782.